The molecule has 144 valence electrons. The topological polar surface area (TPSA) is 67.6 Å². The Morgan fingerprint density at radius 1 is 1.11 bits per heavy atom. The van der Waals surface area contributed by atoms with E-state index >= 15 is 0 Å². The van der Waals surface area contributed by atoms with Crippen LogP contribution in [0.5, 0.6) is 5.75 Å². The summed E-state index contributed by atoms with van der Waals surface area (Å²) in [6.45, 7) is 2.49. The van der Waals surface area contributed by atoms with Gasteiger partial charge in [-0.3, -0.25) is 9.69 Å². The predicted octanol–water partition coefficient (Wildman–Crippen LogP) is 1.95. The van der Waals surface area contributed by atoms with Crippen LogP contribution in [0.3, 0.4) is 0 Å². The summed E-state index contributed by atoms with van der Waals surface area (Å²) in [5.74, 6) is 1.25. The highest BCUT2D eigenvalue weighted by Gasteiger charge is 2.32. The Morgan fingerprint density at radius 3 is 2.63 bits per heavy atom. The molecule has 6 heteroatoms. The molecule has 0 aromatic heterocycles. The number of rotatable bonds is 5. The van der Waals surface area contributed by atoms with E-state index in [1.807, 2.05) is 36.4 Å². The van der Waals surface area contributed by atoms with Crippen molar-refractivity contribution in [1.29, 1.82) is 0 Å². The Labute approximate surface area is 166 Å². The lowest BCUT2D eigenvalue weighted by molar-refractivity contribution is -0.122. The Hall–Kier alpha value is -2.08. The molecule has 1 amide bonds. The molecule has 27 heavy (non-hydrogen) atoms. The number of halogens is 1. The number of fused-ring (bicyclic) bond motifs is 1. The van der Waals surface area contributed by atoms with Crippen LogP contribution in [0.25, 0.3) is 0 Å². The Morgan fingerprint density at radius 2 is 1.85 bits per heavy atom. The number of carbonyl (C=O) groups excluding carboxylic acids is 1. The summed E-state index contributed by atoms with van der Waals surface area (Å²) in [4.78, 5) is 14.5. The molecule has 5 nitrogen and oxygen atoms in total. The van der Waals surface area contributed by atoms with Crippen LogP contribution in [0.2, 0.25) is 0 Å². The predicted molar refractivity (Wildman–Crippen MR) is 108 cm³/mol. The number of nitrogens with two attached hydrogens (primary N) is 1. The SMILES string of the molecule is Cl.N[C@@H]1CN(CC(=O)NCC2Cc3ccccc3O2)C[C@H]1c1ccccc1. The van der Waals surface area contributed by atoms with Crippen molar-refractivity contribution in [2.24, 2.45) is 5.73 Å². The lowest BCUT2D eigenvalue weighted by Gasteiger charge is -2.17. The van der Waals surface area contributed by atoms with Gasteiger partial charge in [0.1, 0.15) is 11.9 Å². The van der Waals surface area contributed by atoms with Crippen molar-refractivity contribution in [3.63, 3.8) is 0 Å². The van der Waals surface area contributed by atoms with Crippen molar-refractivity contribution < 1.29 is 9.53 Å². The third kappa shape index (κ3) is 4.61. The molecule has 2 heterocycles. The van der Waals surface area contributed by atoms with Crippen molar-refractivity contribution in [2.75, 3.05) is 26.2 Å². The van der Waals surface area contributed by atoms with Crippen molar-refractivity contribution in [3.05, 3.63) is 65.7 Å². The average molecular weight is 388 g/mol. The minimum absolute atomic E-state index is 0. The normalized spacial score (nSPS) is 24.0. The fourth-order valence-corrected chi connectivity index (χ4v) is 3.95. The number of nitrogens with zero attached hydrogens (tertiary/aromatic N) is 1. The van der Waals surface area contributed by atoms with Gasteiger partial charge in [0.25, 0.3) is 0 Å². The van der Waals surface area contributed by atoms with Gasteiger partial charge in [0.05, 0.1) is 13.1 Å². The molecule has 0 saturated carbocycles. The molecule has 0 aliphatic carbocycles. The van der Waals surface area contributed by atoms with Gasteiger partial charge in [-0.15, -0.1) is 12.4 Å². The molecule has 3 N–H and O–H groups in total. The van der Waals surface area contributed by atoms with Gasteiger partial charge in [0.2, 0.25) is 5.91 Å². The first-order valence-electron chi connectivity index (χ1n) is 9.23. The molecule has 2 aliphatic rings. The number of likely N-dealkylation sites (tertiary alicyclic amines) is 1. The minimum atomic E-state index is 0. The lowest BCUT2D eigenvalue weighted by Crippen LogP contribution is -2.41. The summed E-state index contributed by atoms with van der Waals surface area (Å²) < 4.78 is 5.87. The number of hydrogen-bond donors (Lipinski definition) is 2. The van der Waals surface area contributed by atoms with Crippen LogP contribution in [0.1, 0.15) is 17.0 Å². The zero-order chi connectivity index (χ0) is 17.9. The minimum Gasteiger partial charge on any atom is -0.488 e. The smallest absolute Gasteiger partial charge is 0.234 e. The second-order valence-electron chi connectivity index (χ2n) is 7.23. The molecule has 2 aromatic carbocycles. The van der Waals surface area contributed by atoms with Gasteiger partial charge in [0, 0.05) is 31.5 Å². The van der Waals surface area contributed by atoms with Crippen molar-refractivity contribution >= 4 is 18.3 Å². The monoisotopic (exact) mass is 387 g/mol. The molecule has 0 spiro atoms. The molecule has 1 fully saturated rings. The van der Waals surface area contributed by atoms with E-state index in [-0.39, 0.29) is 36.4 Å². The summed E-state index contributed by atoms with van der Waals surface area (Å²) in [6, 6.07) is 18.4. The van der Waals surface area contributed by atoms with Gasteiger partial charge in [-0.2, -0.15) is 0 Å². The zero-order valence-corrected chi connectivity index (χ0v) is 16.0. The number of amides is 1. The number of nitrogens with one attached hydrogen (secondary N) is 1. The van der Waals surface area contributed by atoms with Gasteiger partial charge in [-0.25, -0.2) is 0 Å². The Kier molecular flexibility index (Phi) is 6.37. The molecular weight excluding hydrogens is 362 g/mol. The van der Waals surface area contributed by atoms with E-state index in [0.717, 1.165) is 25.3 Å². The van der Waals surface area contributed by atoms with Crippen LogP contribution in [-0.4, -0.2) is 49.1 Å². The van der Waals surface area contributed by atoms with Crippen LogP contribution >= 0.6 is 12.4 Å². The first-order valence-corrected chi connectivity index (χ1v) is 9.23. The van der Waals surface area contributed by atoms with Crippen LogP contribution < -0.4 is 15.8 Å². The summed E-state index contributed by atoms with van der Waals surface area (Å²) in [5, 5.41) is 3.01. The number of para-hydroxylation sites is 1. The summed E-state index contributed by atoms with van der Waals surface area (Å²) in [7, 11) is 0. The largest absolute Gasteiger partial charge is 0.488 e. The molecule has 0 radical (unpaired) electrons. The second-order valence-corrected chi connectivity index (χ2v) is 7.23. The molecule has 3 atom stereocenters. The van der Waals surface area contributed by atoms with Crippen molar-refractivity contribution in [2.45, 2.75) is 24.5 Å². The van der Waals surface area contributed by atoms with E-state index in [1.54, 1.807) is 0 Å². The first kappa shape index (κ1) is 19.7. The third-order valence-corrected chi connectivity index (χ3v) is 5.28. The number of carbonyl (C=O) groups is 1. The van der Waals surface area contributed by atoms with E-state index in [9.17, 15) is 4.79 Å². The van der Waals surface area contributed by atoms with E-state index in [2.05, 4.69) is 28.4 Å². The van der Waals surface area contributed by atoms with Crippen molar-refractivity contribution in [1.82, 2.24) is 10.2 Å². The van der Waals surface area contributed by atoms with Gasteiger partial charge >= 0.3 is 0 Å². The lowest BCUT2D eigenvalue weighted by atomic mass is 9.95. The number of benzene rings is 2. The highest BCUT2D eigenvalue weighted by atomic mass is 35.5. The number of hydrogen-bond acceptors (Lipinski definition) is 4. The van der Waals surface area contributed by atoms with E-state index < -0.39 is 0 Å². The first-order chi connectivity index (χ1) is 12.7. The highest BCUT2D eigenvalue weighted by Crippen LogP contribution is 2.28. The Bertz CT molecular complexity index is 746. The van der Waals surface area contributed by atoms with Crippen LogP contribution in [0.4, 0.5) is 0 Å². The summed E-state index contributed by atoms with van der Waals surface area (Å²) >= 11 is 0. The van der Waals surface area contributed by atoms with E-state index in [4.69, 9.17) is 10.5 Å². The summed E-state index contributed by atoms with van der Waals surface area (Å²) in [6.07, 6.45) is 0.871. The van der Waals surface area contributed by atoms with Crippen LogP contribution in [0.15, 0.2) is 54.6 Å². The maximum atomic E-state index is 12.3. The van der Waals surface area contributed by atoms with Crippen LogP contribution in [-0.2, 0) is 11.2 Å². The van der Waals surface area contributed by atoms with Crippen molar-refractivity contribution in [3.8, 4) is 5.75 Å². The second kappa shape index (κ2) is 8.74. The van der Waals surface area contributed by atoms with Crippen LogP contribution in [0, 0.1) is 0 Å². The fourth-order valence-electron chi connectivity index (χ4n) is 3.95. The average Bonchev–Trinajstić information content (AvgIpc) is 3.23. The molecule has 4 rings (SSSR count). The van der Waals surface area contributed by atoms with E-state index in [0.29, 0.717) is 13.1 Å². The van der Waals surface area contributed by atoms with Gasteiger partial charge in [0.15, 0.2) is 0 Å². The van der Waals surface area contributed by atoms with Gasteiger partial charge < -0.3 is 15.8 Å². The third-order valence-electron chi connectivity index (χ3n) is 5.28. The molecule has 1 saturated heterocycles. The van der Waals surface area contributed by atoms with Gasteiger partial charge in [-0.05, 0) is 17.2 Å². The quantitative estimate of drug-likeness (QED) is 0.823. The standard InChI is InChI=1S/C21H25N3O2.ClH/c22-19-13-24(12-18(19)15-6-2-1-3-7-15)14-21(25)23-11-17-10-16-8-4-5-9-20(16)26-17;/h1-9,17-19H,10-14,22H2,(H,23,25);1H/t17?,18-,19+;/m0./s1. The number of ether oxygens (including phenoxy) is 1. The molecule has 0 bridgehead atoms. The molecule has 2 aliphatic heterocycles. The highest BCUT2D eigenvalue weighted by molar-refractivity contribution is 5.85. The Balaban J connectivity index is 0.00000210. The van der Waals surface area contributed by atoms with E-state index in [1.165, 1.54) is 11.1 Å². The molecular formula is C21H26ClN3O2. The molecule has 2 aromatic rings. The molecule has 1 unspecified atom stereocenters. The fraction of sp³-hybridized carbons (Fsp3) is 0.381. The maximum absolute atomic E-state index is 12.3. The maximum Gasteiger partial charge on any atom is 0.234 e. The zero-order valence-electron chi connectivity index (χ0n) is 15.2. The summed E-state index contributed by atoms with van der Waals surface area (Å²) in [5.41, 5.74) is 8.77. The van der Waals surface area contributed by atoms with Gasteiger partial charge in [-0.1, -0.05) is 48.5 Å².